The predicted molar refractivity (Wildman–Crippen MR) is 158 cm³/mol. The lowest BCUT2D eigenvalue weighted by Crippen LogP contribution is -2.50. The van der Waals surface area contributed by atoms with Crippen molar-refractivity contribution in [1.82, 2.24) is 10.2 Å². The maximum atomic E-state index is 13.8. The Hall–Kier alpha value is -2.82. The molecule has 3 rings (SSSR count). The van der Waals surface area contributed by atoms with Gasteiger partial charge in [0.1, 0.15) is 6.04 Å². The van der Waals surface area contributed by atoms with Crippen molar-refractivity contribution >= 4 is 35.0 Å². The quantitative estimate of drug-likeness (QED) is 0.269. The highest BCUT2D eigenvalue weighted by Gasteiger charge is 2.30. The summed E-state index contributed by atoms with van der Waals surface area (Å²) in [6.45, 7) is 9.32. The fourth-order valence-corrected chi connectivity index (χ4v) is 4.79. The van der Waals surface area contributed by atoms with Crippen molar-refractivity contribution in [3.05, 3.63) is 105 Å². The molecule has 0 aliphatic heterocycles. The Morgan fingerprint density at radius 2 is 1.61 bits per heavy atom. The molecule has 1 unspecified atom stereocenters. The number of carbonyl (C=O) groups is 2. The highest BCUT2D eigenvalue weighted by Crippen LogP contribution is 2.25. The van der Waals surface area contributed by atoms with Gasteiger partial charge in [0.15, 0.2) is 0 Å². The molecule has 202 valence electrons. The van der Waals surface area contributed by atoms with E-state index in [9.17, 15) is 9.59 Å². The van der Waals surface area contributed by atoms with Gasteiger partial charge in [0.05, 0.1) is 0 Å². The van der Waals surface area contributed by atoms with Crippen LogP contribution >= 0.6 is 23.2 Å². The van der Waals surface area contributed by atoms with Crippen LogP contribution in [0.15, 0.2) is 72.8 Å². The van der Waals surface area contributed by atoms with Crippen LogP contribution in [0.1, 0.15) is 62.8 Å². The lowest BCUT2D eigenvalue weighted by Gasteiger charge is -2.32. The standard InChI is InChI=1S/C32H38Cl2N2O2/c1-5-19-35-31(38)29(20-24-9-7-6-8-10-24)36(22-25-14-17-27(33)21-28(25)34)30(37)18-13-23-11-15-26(16-12-23)32(2,3)4/h6-12,14-17,21,29H,5,13,18-20,22H2,1-4H3,(H,35,38). The van der Waals surface area contributed by atoms with Crippen LogP contribution in [0.5, 0.6) is 0 Å². The molecular weight excluding hydrogens is 515 g/mol. The molecule has 3 aromatic rings. The Morgan fingerprint density at radius 3 is 2.21 bits per heavy atom. The summed E-state index contributed by atoms with van der Waals surface area (Å²) >= 11 is 12.6. The molecule has 0 bridgehead atoms. The first-order valence-electron chi connectivity index (χ1n) is 13.2. The summed E-state index contributed by atoms with van der Waals surface area (Å²) in [6.07, 6.45) is 2.09. The number of benzene rings is 3. The van der Waals surface area contributed by atoms with Crippen LogP contribution in [0, 0.1) is 0 Å². The third-order valence-corrected chi connectivity index (χ3v) is 7.21. The van der Waals surface area contributed by atoms with E-state index in [4.69, 9.17) is 23.2 Å². The van der Waals surface area contributed by atoms with E-state index in [1.165, 1.54) is 5.56 Å². The first-order chi connectivity index (χ1) is 18.1. The van der Waals surface area contributed by atoms with Gasteiger partial charge in [-0.25, -0.2) is 0 Å². The van der Waals surface area contributed by atoms with Gasteiger partial charge in [-0.1, -0.05) is 112 Å². The van der Waals surface area contributed by atoms with E-state index in [-0.39, 0.29) is 30.2 Å². The Kier molecular flexibility index (Phi) is 10.8. The molecule has 0 aromatic heterocycles. The molecule has 1 atom stereocenters. The smallest absolute Gasteiger partial charge is 0.243 e. The fourth-order valence-electron chi connectivity index (χ4n) is 4.32. The second kappa shape index (κ2) is 13.8. The molecule has 0 spiro atoms. The molecular formula is C32H38Cl2N2O2. The van der Waals surface area contributed by atoms with Crippen LogP contribution in [0.2, 0.25) is 10.0 Å². The Labute approximate surface area is 237 Å². The van der Waals surface area contributed by atoms with Crippen molar-refractivity contribution in [3.8, 4) is 0 Å². The van der Waals surface area contributed by atoms with E-state index in [1.54, 1.807) is 17.0 Å². The van der Waals surface area contributed by atoms with E-state index >= 15 is 0 Å². The molecule has 0 radical (unpaired) electrons. The van der Waals surface area contributed by atoms with Crippen molar-refractivity contribution in [2.24, 2.45) is 0 Å². The molecule has 0 aliphatic rings. The van der Waals surface area contributed by atoms with Crippen LogP contribution in [0.4, 0.5) is 0 Å². The summed E-state index contributed by atoms with van der Waals surface area (Å²) in [4.78, 5) is 28.9. The number of hydrogen-bond acceptors (Lipinski definition) is 2. The van der Waals surface area contributed by atoms with Gasteiger partial charge in [0, 0.05) is 36.0 Å². The van der Waals surface area contributed by atoms with Crippen molar-refractivity contribution in [2.45, 2.75) is 71.4 Å². The Balaban J connectivity index is 1.89. The van der Waals surface area contributed by atoms with Gasteiger partial charge in [-0.15, -0.1) is 0 Å². The summed E-state index contributed by atoms with van der Waals surface area (Å²) in [7, 11) is 0. The van der Waals surface area contributed by atoms with Crippen LogP contribution in [-0.2, 0) is 34.4 Å². The number of halogens is 2. The zero-order valence-corrected chi connectivity index (χ0v) is 24.3. The number of nitrogens with zero attached hydrogens (tertiary/aromatic N) is 1. The molecule has 0 fully saturated rings. The van der Waals surface area contributed by atoms with Gasteiger partial charge in [0.2, 0.25) is 11.8 Å². The maximum Gasteiger partial charge on any atom is 0.243 e. The zero-order chi connectivity index (χ0) is 27.7. The van der Waals surface area contributed by atoms with Gasteiger partial charge in [-0.3, -0.25) is 9.59 Å². The normalized spacial score (nSPS) is 12.2. The van der Waals surface area contributed by atoms with Crippen molar-refractivity contribution in [1.29, 1.82) is 0 Å². The average Bonchev–Trinajstić information content (AvgIpc) is 2.89. The Morgan fingerprint density at radius 1 is 0.921 bits per heavy atom. The summed E-state index contributed by atoms with van der Waals surface area (Å²) < 4.78 is 0. The molecule has 2 amide bonds. The van der Waals surface area contributed by atoms with Crippen LogP contribution in [0.3, 0.4) is 0 Å². The molecule has 0 aliphatic carbocycles. The SMILES string of the molecule is CCCNC(=O)C(Cc1ccccc1)N(Cc1ccc(Cl)cc1Cl)C(=O)CCc1ccc(C(C)(C)C)cc1. The largest absolute Gasteiger partial charge is 0.354 e. The number of aryl methyl sites for hydroxylation is 1. The summed E-state index contributed by atoms with van der Waals surface area (Å²) in [6, 6.07) is 22.8. The highest BCUT2D eigenvalue weighted by atomic mass is 35.5. The molecule has 38 heavy (non-hydrogen) atoms. The van der Waals surface area contributed by atoms with E-state index in [0.717, 1.165) is 23.1 Å². The minimum Gasteiger partial charge on any atom is -0.354 e. The third kappa shape index (κ3) is 8.61. The number of hydrogen-bond donors (Lipinski definition) is 1. The minimum absolute atomic E-state index is 0.0690. The molecule has 4 nitrogen and oxygen atoms in total. The van der Waals surface area contributed by atoms with E-state index in [1.807, 2.05) is 43.3 Å². The zero-order valence-electron chi connectivity index (χ0n) is 22.8. The lowest BCUT2D eigenvalue weighted by atomic mass is 9.86. The molecule has 0 saturated heterocycles. The van der Waals surface area contributed by atoms with Crippen LogP contribution in [-0.4, -0.2) is 29.3 Å². The first-order valence-corrected chi connectivity index (χ1v) is 14.0. The van der Waals surface area contributed by atoms with Gasteiger partial charge >= 0.3 is 0 Å². The number of rotatable bonds is 11. The van der Waals surface area contributed by atoms with Gasteiger partial charge in [0.25, 0.3) is 0 Å². The van der Waals surface area contributed by atoms with E-state index in [0.29, 0.717) is 29.4 Å². The molecule has 1 N–H and O–H groups in total. The van der Waals surface area contributed by atoms with Gasteiger partial charge in [-0.2, -0.15) is 0 Å². The van der Waals surface area contributed by atoms with E-state index < -0.39 is 6.04 Å². The van der Waals surface area contributed by atoms with Crippen LogP contribution < -0.4 is 5.32 Å². The Bertz CT molecular complexity index is 1200. The highest BCUT2D eigenvalue weighted by molar-refractivity contribution is 6.35. The van der Waals surface area contributed by atoms with Gasteiger partial charge < -0.3 is 10.2 Å². The summed E-state index contributed by atoms with van der Waals surface area (Å²) in [5, 5.41) is 4.00. The van der Waals surface area contributed by atoms with Crippen molar-refractivity contribution in [3.63, 3.8) is 0 Å². The number of nitrogens with one attached hydrogen (secondary N) is 1. The molecule has 0 saturated carbocycles. The predicted octanol–water partition coefficient (Wildman–Crippen LogP) is 7.39. The topological polar surface area (TPSA) is 49.4 Å². The molecule has 6 heteroatoms. The molecule has 3 aromatic carbocycles. The molecule has 0 heterocycles. The van der Waals surface area contributed by atoms with Crippen molar-refractivity contribution in [2.75, 3.05) is 6.54 Å². The summed E-state index contributed by atoms with van der Waals surface area (Å²) in [5.74, 6) is -0.257. The third-order valence-electron chi connectivity index (χ3n) is 6.62. The van der Waals surface area contributed by atoms with Crippen molar-refractivity contribution < 1.29 is 9.59 Å². The average molecular weight is 554 g/mol. The van der Waals surface area contributed by atoms with Gasteiger partial charge in [-0.05, 0) is 52.6 Å². The maximum absolute atomic E-state index is 13.8. The summed E-state index contributed by atoms with van der Waals surface area (Å²) in [5.41, 5.74) is 4.15. The second-order valence-corrected chi connectivity index (χ2v) is 11.5. The second-order valence-electron chi connectivity index (χ2n) is 10.7. The lowest BCUT2D eigenvalue weighted by molar-refractivity contribution is -0.141. The number of amides is 2. The van der Waals surface area contributed by atoms with E-state index in [2.05, 4.69) is 50.4 Å². The monoisotopic (exact) mass is 552 g/mol. The van der Waals surface area contributed by atoms with Crippen LogP contribution in [0.25, 0.3) is 0 Å². The minimum atomic E-state index is -0.675. The first kappa shape index (κ1) is 29.7. The fraction of sp³-hybridized carbons (Fsp3) is 0.375. The number of carbonyl (C=O) groups excluding carboxylic acids is 2.